The summed E-state index contributed by atoms with van der Waals surface area (Å²) in [7, 11) is 1.54. The SMILES string of the molecule is COCCOCC(=O)Nc1cc(Br)ccc1F. The van der Waals surface area contributed by atoms with Gasteiger partial charge in [0.25, 0.3) is 0 Å². The third kappa shape index (κ3) is 5.25. The Bertz CT molecular complexity index is 387. The molecular weight excluding hydrogens is 293 g/mol. The Morgan fingerprint density at radius 2 is 2.24 bits per heavy atom. The predicted octanol–water partition coefficient (Wildman–Crippen LogP) is 2.19. The molecule has 0 aliphatic heterocycles. The van der Waals surface area contributed by atoms with E-state index in [-0.39, 0.29) is 12.3 Å². The highest BCUT2D eigenvalue weighted by atomic mass is 79.9. The highest BCUT2D eigenvalue weighted by Gasteiger charge is 2.07. The van der Waals surface area contributed by atoms with Crippen molar-refractivity contribution >= 4 is 27.5 Å². The van der Waals surface area contributed by atoms with E-state index in [1.54, 1.807) is 13.2 Å². The van der Waals surface area contributed by atoms with Crippen molar-refractivity contribution in [1.29, 1.82) is 0 Å². The predicted molar refractivity (Wildman–Crippen MR) is 65.4 cm³/mol. The van der Waals surface area contributed by atoms with E-state index < -0.39 is 11.7 Å². The van der Waals surface area contributed by atoms with Gasteiger partial charge in [0.2, 0.25) is 5.91 Å². The number of anilines is 1. The molecular formula is C11H13BrFNO3. The zero-order valence-electron chi connectivity index (χ0n) is 9.33. The van der Waals surface area contributed by atoms with E-state index in [2.05, 4.69) is 21.2 Å². The van der Waals surface area contributed by atoms with Gasteiger partial charge in [0.1, 0.15) is 12.4 Å². The van der Waals surface area contributed by atoms with Crippen molar-refractivity contribution < 1.29 is 18.7 Å². The molecule has 0 aliphatic rings. The molecule has 0 saturated heterocycles. The number of amides is 1. The first-order valence-corrected chi connectivity index (χ1v) is 5.74. The van der Waals surface area contributed by atoms with Gasteiger partial charge in [-0.3, -0.25) is 4.79 Å². The van der Waals surface area contributed by atoms with E-state index in [4.69, 9.17) is 9.47 Å². The number of benzene rings is 1. The second kappa shape index (κ2) is 7.37. The molecule has 0 spiro atoms. The Morgan fingerprint density at radius 3 is 2.94 bits per heavy atom. The molecule has 1 amide bonds. The minimum atomic E-state index is -0.488. The van der Waals surface area contributed by atoms with Crippen molar-refractivity contribution in [3.8, 4) is 0 Å². The van der Waals surface area contributed by atoms with Crippen LogP contribution in [0.5, 0.6) is 0 Å². The summed E-state index contributed by atoms with van der Waals surface area (Å²) >= 11 is 3.19. The van der Waals surface area contributed by atoms with Gasteiger partial charge in [-0.1, -0.05) is 15.9 Å². The van der Waals surface area contributed by atoms with E-state index in [0.29, 0.717) is 17.7 Å². The molecule has 0 aromatic heterocycles. The highest BCUT2D eigenvalue weighted by Crippen LogP contribution is 2.19. The lowest BCUT2D eigenvalue weighted by atomic mass is 10.3. The molecule has 17 heavy (non-hydrogen) atoms. The summed E-state index contributed by atoms with van der Waals surface area (Å²) in [6, 6.07) is 4.31. The van der Waals surface area contributed by atoms with Gasteiger partial charge in [-0.05, 0) is 18.2 Å². The van der Waals surface area contributed by atoms with Gasteiger partial charge in [0.15, 0.2) is 0 Å². The average Bonchev–Trinajstić information content (AvgIpc) is 2.29. The summed E-state index contributed by atoms with van der Waals surface area (Å²) in [5.41, 5.74) is 0.125. The topological polar surface area (TPSA) is 47.6 Å². The summed E-state index contributed by atoms with van der Waals surface area (Å²) in [6.45, 7) is 0.610. The molecule has 0 atom stereocenters. The van der Waals surface area contributed by atoms with Gasteiger partial charge in [0, 0.05) is 11.6 Å². The molecule has 0 radical (unpaired) electrons. The Morgan fingerprint density at radius 1 is 1.47 bits per heavy atom. The van der Waals surface area contributed by atoms with Crippen LogP contribution in [0.2, 0.25) is 0 Å². The van der Waals surface area contributed by atoms with Crippen molar-refractivity contribution in [2.24, 2.45) is 0 Å². The normalized spacial score (nSPS) is 10.3. The van der Waals surface area contributed by atoms with Crippen LogP contribution in [0.25, 0.3) is 0 Å². The lowest BCUT2D eigenvalue weighted by Gasteiger charge is -2.07. The molecule has 0 bridgehead atoms. The summed E-state index contributed by atoms with van der Waals surface area (Å²) in [5.74, 6) is -0.892. The average molecular weight is 306 g/mol. The third-order valence-corrected chi connectivity index (χ3v) is 2.36. The Hall–Kier alpha value is -0.980. The van der Waals surface area contributed by atoms with Crippen molar-refractivity contribution in [3.05, 3.63) is 28.5 Å². The molecule has 1 rings (SSSR count). The highest BCUT2D eigenvalue weighted by molar-refractivity contribution is 9.10. The molecule has 4 nitrogen and oxygen atoms in total. The molecule has 1 aromatic rings. The maximum absolute atomic E-state index is 13.3. The van der Waals surface area contributed by atoms with E-state index >= 15 is 0 Å². The standard InChI is InChI=1S/C11H13BrFNO3/c1-16-4-5-17-7-11(15)14-10-6-8(12)2-3-9(10)13/h2-3,6H,4-5,7H2,1H3,(H,14,15). The number of methoxy groups -OCH3 is 1. The molecule has 0 unspecified atom stereocenters. The van der Waals surface area contributed by atoms with Crippen molar-refractivity contribution in [1.82, 2.24) is 0 Å². The number of carbonyl (C=O) groups is 1. The van der Waals surface area contributed by atoms with E-state index in [1.807, 2.05) is 0 Å². The zero-order valence-corrected chi connectivity index (χ0v) is 10.9. The maximum atomic E-state index is 13.3. The van der Waals surface area contributed by atoms with E-state index in [9.17, 15) is 9.18 Å². The molecule has 94 valence electrons. The number of hydrogen-bond donors (Lipinski definition) is 1. The lowest BCUT2D eigenvalue weighted by Crippen LogP contribution is -2.20. The fraction of sp³-hybridized carbons (Fsp3) is 0.364. The minimum Gasteiger partial charge on any atom is -0.382 e. The van der Waals surface area contributed by atoms with Crippen molar-refractivity contribution in [2.75, 3.05) is 32.2 Å². The van der Waals surface area contributed by atoms with Crippen LogP contribution < -0.4 is 5.32 Å². The summed E-state index contributed by atoms with van der Waals surface area (Å²) in [6.07, 6.45) is 0. The largest absolute Gasteiger partial charge is 0.382 e. The van der Waals surface area contributed by atoms with Crippen LogP contribution in [-0.4, -0.2) is 32.8 Å². The van der Waals surface area contributed by atoms with Crippen LogP contribution in [0.1, 0.15) is 0 Å². The Balaban J connectivity index is 2.42. The van der Waals surface area contributed by atoms with E-state index in [0.717, 1.165) is 0 Å². The van der Waals surface area contributed by atoms with Crippen LogP contribution >= 0.6 is 15.9 Å². The smallest absolute Gasteiger partial charge is 0.250 e. The second-order valence-electron chi connectivity index (χ2n) is 3.22. The molecule has 1 N–H and O–H groups in total. The number of nitrogens with one attached hydrogen (secondary N) is 1. The van der Waals surface area contributed by atoms with Gasteiger partial charge in [-0.15, -0.1) is 0 Å². The van der Waals surface area contributed by atoms with Gasteiger partial charge in [0.05, 0.1) is 18.9 Å². The molecule has 0 aliphatic carbocycles. The van der Waals surface area contributed by atoms with Crippen LogP contribution in [0.3, 0.4) is 0 Å². The molecule has 0 fully saturated rings. The van der Waals surface area contributed by atoms with Crippen LogP contribution in [-0.2, 0) is 14.3 Å². The van der Waals surface area contributed by atoms with Gasteiger partial charge < -0.3 is 14.8 Å². The third-order valence-electron chi connectivity index (χ3n) is 1.87. The molecule has 0 saturated carbocycles. The zero-order chi connectivity index (χ0) is 12.7. The quantitative estimate of drug-likeness (QED) is 0.820. The summed E-state index contributed by atoms with van der Waals surface area (Å²) < 4.78 is 23.7. The first-order valence-electron chi connectivity index (χ1n) is 4.95. The Labute approximate surface area is 107 Å². The number of rotatable bonds is 6. The number of carbonyl (C=O) groups excluding carboxylic acids is 1. The van der Waals surface area contributed by atoms with Crippen LogP contribution in [0.4, 0.5) is 10.1 Å². The first kappa shape index (κ1) is 14.1. The van der Waals surface area contributed by atoms with E-state index in [1.165, 1.54) is 12.1 Å². The van der Waals surface area contributed by atoms with Gasteiger partial charge >= 0.3 is 0 Å². The van der Waals surface area contributed by atoms with Crippen LogP contribution in [0, 0.1) is 5.82 Å². The monoisotopic (exact) mass is 305 g/mol. The fourth-order valence-electron chi connectivity index (χ4n) is 1.09. The van der Waals surface area contributed by atoms with Gasteiger partial charge in [-0.25, -0.2) is 4.39 Å². The van der Waals surface area contributed by atoms with Gasteiger partial charge in [-0.2, -0.15) is 0 Å². The fourth-order valence-corrected chi connectivity index (χ4v) is 1.45. The maximum Gasteiger partial charge on any atom is 0.250 e. The lowest BCUT2D eigenvalue weighted by molar-refractivity contribution is -0.121. The number of halogens is 2. The van der Waals surface area contributed by atoms with Crippen molar-refractivity contribution in [2.45, 2.75) is 0 Å². The summed E-state index contributed by atoms with van der Waals surface area (Å²) in [5, 5.41) is 2.42. The number of hydrogen-bond acceptors (Lipinski definition) is 3. The van der Waals surface area contributed by atoms with Crippen molar-refractivity contribution in [3.63, 3.8) is 0 Å². The molecule has 1 aromatic carbocycles. The number of ether oxygens (including phenoxy) is 2. The molecule has 0 heterocycles. The second-order valence-corrected chi connectivity index (χ2v) is 4.13. The minimum absolute atomic E-state index is 0.125. The Kier molecular flexibility index (Phi) is 6.10. The molecule has 6 heteroatoms. The first-order chi connectivity index (χ1) is 8.13. The summed E-state index contributed by atoms with van der Waals surface area (Å²) in [4.78, 5) is 11.4. The van der Waals surface area contributed by atoms with Crippen LogP contribution in [0.15, 0.2) is 22.7 Å².